The molecule has 0 radical (unpaired) electrons. The van der Waals surface area contributed by atoms with Crippen LogP contribution < -0.4 is 21.3 Å². The molecule has 0 unspecified atom stereocenters. The minimum absolute atomic E-state index is 0.0326. The van der Waals surface area contributed by atoms with E-state index >= 15 is 0 Å². The van der Waals surface area contributed by atoms with E-state index in [4.69, 9.17) is 5.84 Å². The molecule has 0 aliphatic rings. The number of nitrogens with two attached hydrogens (primary N) is 1. The van der Waals surface area contributed by atoms with Gasteiger partial charge in [-0.05, 0) is 18.6 Å². The summed E-state index contributed by atoms with van der Waals surface area (Å²) in [7, 11) is -3.75. The normalized spacial score (nSPS) is 11.1. The molecule has 1 rings (SSSR count). The molecule has 19 heavy (non-hydrogen) atoms. The Bertz CT molecular complexity index is 514. The number of hydrazine groups is 1. The summed E-state index contributed by atoms with van der Waals surface area (Å²) >= 11 is 0. The maximum absolute atomic E-state index is 11.8. The Hall–Kier alpha value is -1.71. The van der Waals surface area contributed by atoms with Crippen LogP contribution in [0.25, 0.3) is 0 Å². The first-order valence-corrected chi connectivity index (χ1v) is 7.17. The Labute approximate surface area is 111 Å². The number of amides is 1. The molecule has 0 aromatic carbocycles. The van der Waals surface area contributed by atoms with E-state index in [1.165, 1.54) is 12.1 Å². The summed E-state index contributed by atoms with van der Waals surface area (Å²) < 4.78 is 25.8. The number of hydrogen-bond acceptors (Lipinski definition) is 6. The van der Waals surface area contributed by atoms with Crippen molar-refractivity contribution >= 4 is 21.7 Å². The van der Waals surface area contributed by atoms with Crippen molar-refractivity contribution in [2.75, 3.05) is 18.5 Å². The molecule has 106 valence electrons. The fraction of sp³-hybridized carbons (Fsp3) is 0.400. The fourth-order valence-electron chi connectivity index (χ4n) is 1.20. The number of hydrogen-bond donors (Lipinski definition) is 4. The van der Waals surface area contributed by atoms with Crippen LogP contribution in [0.1, 0.15) is 13.3 Å². The first-order valence-electron chi connectivity index (χ1n) is 5.68. The molecule has 8 nitrogen and oxygen atoms in total. The van der Waals surface area contributed by atoms with Crippen LogP contribution in [-0.2, 0) is 14.8 Å². The second-order valence-corrected chi connectivity index (χ2v) is 5.46. The number of anilines is 1. The molecule has 9 heteroatoms. The van der Waals surface area contributed by atoms with Gasteiger partial charge >= 0.3 is 0 Å². The van der Waals surface area contributed by atoms with Crippen molar-refractivity contribution in [3.63, 3.8) is 0 Å². The summed E-state index contributed by atoms with van der Waals surface area (Å²) in [6.07, 6.45) is 1.94. The lowest BCUT2D eigenvalue weighted by Crippen LogP contribution is -2.37. The quantitative estimate of drug-likeness (QED) is 0.383. The van der Waals surface area contributed by atoms with Gasteiger partial charge in [0.2, 0.25) is 15.9 Å². The molecule has 5 N–H and O–H groups in total. The summed E-state index contributed by atoms with van der Waals surface area (Å²) in [6.45, 7) is 2.11. The molecule has 1 aromatic heterocycles. The average Bonchev–Trinajstić information content (AvgIpc) is 2.43. The van der Waals surface area contributed by atoms with Crippen molar-refractivity contribution in [3.05, 3.63) is 18.3 Å². The highest BCUT2D eigenvalue weighted by Crippen LogP contribution is 2.09. The highest BCUT2D eigenvalue weighted by Gasteiger charge is 2.15. The summed E-state index contributed by atoms with van der Waals surface area (Å²) in [5, 5.41) is 2.57. The molecular formula is C10H17N5O3S. The van der Waals surface area contributed by atoms with Gasteiger partial charge in [0.1, 0.15) is 10.7 Å². The van der Waals surface area contributed by atoms with Gasteiger partial charge in [-0.2, -0.15) is 0 Å². The smallest absolute Gasteiger partial charge is 0.242 e. The Balaban J connectivity index is 2.62. The Morgan fingerprint density at radius 3 is 2.68 bits per heavy atom. The number of rotatable bonds is 7. The van der Waals surface area contributed by atoms with E-state index in [9.17, 15) is 13.2 Å². The molecule has 1 aromatic rings. The first kappa shape index (κ1) is 15.3. The molecule has 0 atom stereocenters. The Morgan fingerprint density at radius 2 is 2.16 bits per heavy atom. The zero-order valence-corrected chi connectivity index (χ0v) is 11.3. The van der Waals surface area contributed by atoms with Gasteiger partial charge in [0.15, 0.2) is 0 Å². The van der Waals surface area contributed by atoms with E-state index in [-0.39, 0.29) is 17.3 Å². The largest absolute Gasteiger partial charge is 0.355 e. The maximum atomic E-state index is 11.8. The van der Waals surface area contributed by atoms with Crippen molar-refractivity contribution in [2.24, 2.45) is 5.84 Å². The topological polar surface area (TPSA) is 126 Å². The number of nitrogens with zero attached hydrogens (tertiary/aromatic N) is 1. The van der Waals surface area contributed by atoms with Crippen LogP contribution in [0.3, 0.4) is 0 Å². The highest BCUT2D eigenvalue weighted by atomic mass is 32.2. The van der Waals surface area contributed by atoms with Crippen molar-refractivity contribution in [2.45, 2.75) is 18.2 Å². The zero-order valence-electron chi connectivity index (χ0n) is 10.5. The van der Waals surface area contributed by atoms with Gasteiger partial charge in [-0.15, -0.1) is 0 Å². The first-order chi connectivity index (χ1) is 8.99. The van der Waals surface area contributed by atoms with Crippen LogP contribution in [0.15, 0.2) is 23.2 Å². The Morgan fingerprint density at radius 1 is 1.42 bits per heavy atom. The summed E-state index contributed by atoms with van der Waals surface area (Å²) in [6, 6.07) is 2.76. The van der Waals surface area contributed by atoms with Crippen LogP contribution >= 0.6 is 0 Å². The van der Waals surface area contributed by atoms with Gasteiger partial charge in [0.25, 0.3) is 0 Å². The lowest BCUT2D eigenvalue weighted by atomic mass is 10.5. The monoisotopic (exact) mass is 287 g/mol. The zero-order chi connectivity index (χ0) is 14.3. The third-order valence-corrected chi connectivity index (χ3v) is 3.58. The third-order valence-electron chi connectivity index (χ3n) is 2.19. The number of sulfonamides is 1. The molecule has 1 amide bonds. The van der Waals surface area contributed by atoms with Crippen molar-refractivity contribution in [1.82, 2.24) is 15.0 Å². The molecule has 0 aliphatic heterocycles. The fourth-order valence-corrected chi connectivity index (χ4v) is 2.12. The van der Waals surface area contributed by atoms with E-state index < -0.39 is 10.0 Å². The number of nitrogen functional groups attached to an aromatic ring is 1. The van der Waals surface area contributed by atoms with Gasteiger partial charge in [0.05, 0.1) is 6.54 Å². The SMILES string of the molecule is CCCNC(=O)CNS(=O)(=O)c1ccc(NN)nc1. The molecular weight excluding hydrogens is 270 g/mol. The highest BCUT2D eigenvalue weighted by molar-refractivity contribution is 7.89. The third kappa shape index (κ3) is 4.81. The van der Waals surface area contributed by atoms with Crippen molar-refractivity contribution < 1.29 is 13.2 Å². The average molecular weight is 287 g/mol. The van der Waals surface area contributed by atoms with E-state index in [0.29, 0.717) is 12.4 Å². The van der Waals surface area contributed by atoms with Crippen LogP contribution in [0.2, 0.25) is 0 Å². The second-order valence-electron chi connectivity index (χ2n) is 3.70. The predicted octanol–water partition coefficient (Wildman–Crippen LogP) is -0.828. The minimum Gasteiger partial charge on any atom is -0.355 e. The van der Waals surface area contributed by atoms with Gasteiger partial charge in [-0.1, -0.05) is 6.92 Å². The molecule has 0 saturated carbocycles. The standard InChI is InChI=1S/C10H17N5O3S/c1-2-5-12-10(16)7-14-19(17,18)8-3-4-9(15-11)13-6-8/h3-4,6,14H,2,5,7,11H2,1H3,(H,12,16)(H,13,15). The van der Waals surface area contributed by atoms with Gasteiger partial charge in [-0.25, -0.2) is 24.0 Å². The van der Waals surface area contributed by atoms with Crippen molar-refractivity contribution in [1.29, 1.82) is 0 Å². The van der Waals surface area contributed by atoms with Crippen LogP contribution in [0.5, 0.6) is 0 Å². The lowest BCUT2D eigenvalue weighted by Gasteiger charge is -2.07. The Kier molecular flexibility index (Phi) is 5.67. The summed E-state index contributed by atoms with van der Waals surface area (Å²) in [5.74, 6) is 5.09. The lowest BCUT2D eigenvalue weighted by molar-refractivity contribution is -0.119. The molecule has 1 heterocycles. The van der Waals surface area contributed by atoms with E-state index in [1.54, 1.807) is 0 Å². The molecule has 0 bridgehead atoms. The van der Waals surface area contributed by atoms with Crippen LogP contribution in [0.4, 0.5) is 5.82 Å². The van der Waals surface area contributed by atoms with E-state index in [1.807, 2.05) is 6.92 Å². The van der Waals surface area contributed by atoms with Crippen LogP contribution in [-0.4, -0.2) is 32.4 Å². The molecule has 0 aliphatic carbocycles. The predicted molar refractivity (Wildman–Crippen MR) is 70.5 cm³/mol. The van der Waals surface area contributed by atoms with E-state index in [0.717, 1.165) is 12.6 Å². The number of pyridine rings is 1. The molecule has 0 saturated heterocycles. The number of nitrogens with one attached hydrogen (secondary N) is 3. The van der Waals surface area contributed by atoms with E-state index in [2.05, 4.69) is 20.4 Å². The second kappa shape index (κ2) is 7.02. The molecule has 0 spiro atoms. The number of carbonyl (C=O) groups is 1. The van der Waals surface area contributed by atoms with Crippen LogP contribution in [0, 0.1) is 0 Å². The maximum Gasteiger partial charge on any atom is 0.242 e. The summed E-state index contributed by atoms with van der Waals surface area (Å²) in [5.41, 5.74) is 2.29. The molecule has 0 fully saturated rings. The minimum atomic E-state index is -3.75. The van der Waals surface area contributed by atoms with Gasteiger partial charge < -0.3 is 10.7 Å². The number of aromatic nitrogens is 1. The van der Waals surface area contributed by atoms with Crippen molar-refractivity contribution in [3.8, 4) is 0 Å². The van der Waals surface area contributed by atoms with Gasteiger partial charge in [-0.3, -0.25) is 4.79 Å². The summed E-state index contributed by atoms with van der Waals surface area (Å²) in [4.78, 5) is 15.1. The van der Waals surface area contributed by atoms with Gasteiger partial charge in [0, 0.05) is 12.7 Å². The number of carbonyl (C=O) groups excluding carboxylic acids is 1.